The van der Waals surface area contributed by atoms with Gasteiger partial charge >= 0.3 is 5.97 Å². The van der Waals surface area contributed by atoms with Gasteiger partial charge in [-0.25, -0.2) is 13.9 Å². The number of hydrogen-bond acceptors (Lipinski definition) is 6. The monoisotopic (exact) mass is 384 g/mol. The topological polar surface area (TPSA) is 95.3 Å². The van der Waals surface area contributed by atoms with Crippen molar-refractivity contribution in [2.75, 3.05) is 12.4 Å². The van der Waals surface area contributed by atoms with Crippen LogP contribution >= 0.6 is 0 Å². The van der Waals surface area contributed by atoms with E-state index in [0.29, 0.717) is 17.1 Å². The SMILES string of the molecule is COC(=O)c1cn(-c2ccccc2NC(=O)[C@H](C)Oc2ccc(F)cc2)nn1. The molecular formula is C19H17FN4O4. The second-order valence-electron chi connectivity index (χ2n) is 5.76. The Hall–Kier alpha value is -3.75. The van der Waals surface area contributed by atoms with E-state index < -0.39 is 23.8 Å². The van der Waals surface area contributed by atoms with Crippen LogP contribution in [0.5, 0.6) is 5.75 Å². The maximum absolute atomic E-state index is 13.0. The highest BCUT2D eigenvalue weighted by atomic mass is 19.1. The molecule has 0 saturated heterocycles. The summed E-state index contributed by atoms with van der Waals surface area (Å²) in [4.78, 5) is 24.1. The molecule has 0 aliphatic heterocycles. The molecule has 9 heteroatoms. The number of methoxy groups -OCH3 is 1. The molecular weight excluding hydrogens is 367 g/mol. The van der Waals surface area contributed by atoms with Crippen LogP contribution in [0.3, 0.4) is 0 Å². The lowest BCUT2D eigenvalue weighted by molar-refractivity contribution is -0.122. The number of aromatic nitrogens is 3. The van der Waals surface area contributed by atoms with Crippen LogP contribution in [0.4, 0.5) is 10.1 Å². The number of anilines is 1. The van der Waals surface area contributed by atoms with Gasteiger partial charge in [-0.3, -0.25) is 4.79 Å². The van der Waals surface area contributed by atoms with Crippen molar-refractivity contribution in [1.29, 1.82) is 0 Å². The molecule has 3 aromatic rings. The van der Waals surface area contributed by atoms with Crippen molar-refractivity contribution >= 4 is 17.6 Å². The van der Waals surface area contributed by atoms with E-state index in [1.165, 1.54) is 42.3 Å². The first kappa shape index (κ1) is 19.0. The number of nitrogens with zero attached hydrogens (tertiary/aromatic N) is 3. The molecule has 28 heavy (non-hydrogen) atoms. The average Bonchev–Trinajstić information content (AvgIpc) is 3.19. The molecule has 0 radical (unpaired) electrons. The molecule has 1 amide bonds. The Morgan fingerprint density at radius 2 is 1.86 bits per heavy atom. The van der Waals surface area contributed by atoms with Crippen LogP contribution in [0.1, 0.15) is 17.4 Å². The fraction of sp³-hybridized carbons (Fsp3) is 0.158. The first-order chi connectivity index (χ1) is 13.5. The number of hydrogen-bond donors (Lipinski definition) is 1. The van der Waals surface area contributed by atoms with E-state index in [9.17, 15) is 14.0 Å². The maximum Gasteiger partial charge on any atom is 0.360 e. The lowest BCUT2D eigenvalue weighted by atomic mass is 10.2. The van der Waals surface area contributed by atoms with E-state index >= 15 is 0 Å². The largest absolute Gasteiger partial charge is 0.481 e. The van der Waals surface area contributed by atoms with Gasteiger partial charge in [0.15, 0.2) is 11.8 Å². The molecule has 1 heterocycles. The van der Waals surface area contributed by atoms with Crippen LogP contribution in [0.2, 0.25) is 0 Å². The number of halogens is 1. The molecule has 2 aromatic carbocycles. The van der Waals surface area contributed by atoms with E-state index in [1.807, 2.05) is 0 Å². The standard InChI is InChI=1S/C19H17FN4O4/c1-12(28-14-9-7-13(20)8-10-14)18(25)21-15-5-3-4-6-17(15)24-11-16(22-23-24)19(26)27-2/h3-12H,1-2H3,(H,21,25)/t12-/m0/s1. The number of benzene rings is 2. The summed E-state index contributed by atoms with van der Waals surface area (Å²) >= 11 is 0. The average molecular weight is 384 g/mol. The van der Waals surface area contributed by atoms with Crippen molar-refractivity contribution in [2.45, 2.75) is 13.0 Å². The number of para-hydroxylation sites is 2. The van der Waals surface area contributed by atoms with Gasteiger partial charge in [-0.1, -0.05) is 17.3 Å². The number of carbonyl (C=O) groups excluding carboxylic acids is 2. The Morgan fingerprint density at radius 3 is 2.57 bits per heavy atom. The quantitative estimate of drug-likeness (QED) is 0.657. The minimum atomic E-state index is -0.833. The lowest BCUT2D eigenvalue weighted by Crippen LogP contribution is -2.30. The summed E-state index contributed by atoms with van der Waals surface area (Å²) in [5.41, 5.74) is 0.993. The van der Waals surface area contributed by atoms with Gasteiger partial charge in [-0.2, -0.15) is 0 Å². The normalized spacial score (nSPS) is 11.5. The van der Waals surface area contributed by atoms with Gasteiger partial charge < -0.3 is 14.8 Å². The molecule has 1 N–H and O–H groups in total. The lowest BCUT2D eigenvalue weighted by Gasteiger charge is -2.16. The van der Waals surface area contributed by atoms with Gasteiger partial charge in [0.2, 0.25) is 0 Å². The minimum Gasteiger partial charge on any atom is -0.481 e. The third-order valence-corrected chi connectivity index (χ3v) is 3.79. The summed E-state index contributed by atoms with van der Waals surface area (Å²) in [6.07, 6.45) is 0.565. The van der Waals surface area contributed by atoms with Crippen molar-refractivity contribution in [3.05, 3.63) is 66.2 Å². The predicted molar refractivity (Wildman–Crippen MR) is 97.8 cm³/mol. The summed E-state index contributed by atoms with van der Waals surface area (Å²) < 4.78 is 24.5. The summed E-state index contributed by atoms with van der Waals surface area (Å²) in [5.74, 6) is -1.05. The third-order valence-electron chi connectivity index (χ3n) is 3.79. The summed E-state index contributed by atoms with van der Waals surface area (Å²) in [6, 6.07) is 12.3. The van der Waals surface area contributed by atoms with E-state index in [-0.39, 0.29) is 5.69 Å². The van der Waals surface area contributed by atoms with Gasteiger partial charge in [0.1, 0.15) is 11.6 Å². The Labute approximate surface area is 159 Å². The van der Waals surface area contributed by atoms with Gasteiger partial charge in [-0.15, -0.1) is 5.10 Å². The highest BCUT2D eigenvalue weighted by Gasteiger charge is 2.18. The van der Waals surface area contributed by atoms with Crippen LogP contribution in [0.25, 0.3) is 5.69 Å². The summed E-state index contributed by atoms with van der Waals surface area (Å²) in [7, 11) is 1.25. The van der Waals surface area contributed by atoms with Crippen LogP contribution in [0.15, 0.2) is 54.7 Å². The number of rotatable bonds is 6. The van der Waals surface area contributed by atoms with Crippen LogP contribution in [0, 0.1) is 5.82 Å². The van der Waals surface area contributed by atoms with Crippen molar-refractivity contribution in [1.82, 2.24) is 15.0 Å². The number of amides is 1. The Kier molecular flexibility index (Phi) is 5.64. The zero-order valence-electron chi connectivity index (χ0n) is 15.1. The second kappa shape index (κ2) is 8.30. The highest BCUT2D eigenvalue weighted by Crippen LogP contribution is 2.20. The maximum atomic E-state index is 13.0. The smallest absolute Gasteiger partial charge is 0.360 e. The van der Waals surface area contributed by atoms with Crippen molar-refractivity contribution in [2.24, 2.45) is 0 Å². The highest BCUT2D eigenvalue weighted by molar-refractivity contribution is 5.96. The number of ether oxygens (including phenoxy) is 2. The fourth-order valence-corrected chi connectivity index (χ4v) is 2.36. The van der Waals surface area contributed by atoms with E-state index in [4.69, 9.17) is 4.74 Å². The second-order valence-corrected chi connectivity index (χ2v) is 5.76. The molecule has 0 aliphatic carbocycles. The first-order valence-electron chi connectivity index (χ1n) is 8.31. The molecule has 0 unspecified atom stereocenters. The zero-order valence-corrected chi connectivity index (χ0v) is 15.1. The van der Waals surface area contributed by atoms with Gasteiger partial charge in [-0.05, 0) is 43.3 Å². The molecule has 0 aliphatic rings. The Morgan fingerprint density at radius 1 is 1.14 bits per heavy atom. The molecule has 144 valence electrons. The molecule has 0 saturated carbocycles. The van der Waals surface area contributed by atoms with Crippen LogP contribution in [-0.2, 0) is 9.53 Å². The third kappa shape index (κ3) is 4.32. The number of nitrogens with one attached hydrogen (secondary N) is 1. The van der Waals surface area contributed by atoms with Gasteiger partial charge in [0.25, 0.3) is 5.91 Å². The fourth-order valence-electron chi connectivity index (χ4n) is 2.36. The van der Waals surface area contributed by atoms with E-state index in [1.54, 1.807) is 31.2 Å². The van der Waals surface area contributed by atoms with Crippen molar-refractivity contribution < 1.29 is 23.5 Å². The van der Waals surface area contributed by atoms with Gasteiger partial charge in [0, 0.05) is 0 Å². The molecule has 0 fully saturated rings. The zero-order chi connectivity index (χ0) is 20.1. The summed E-state index contributed by atoms with van der Waals surface area (Å²) in [6.45, 7) is 1.58. The number of carbonyl (C=O) groups is 2. The Balaban J connectivity index is 1.75. The van der Waals surface area contributed by atoms with Gasteiger partial charge in [0.05, 0.1) is 24.7 Å². The van der Waals surface area contributed by atoms with E-state index in [0.717, 1.165) is 0 Å². The molecule has 1 atom stereocenters. The minimum absolute atomic E-state index is 0.0386. The predicted octanol–water partition coefficient (Wildman–Crippen LogP) is 2.60. The molecule has 8 nitrogen and oxygen atoms in total. The molecule has 0 spiro atoms. The van der Waals surface area contributed by atoms with Crippen molar-refractivity contribution in [3.63, 3.8) is 0 Å². The van der Waals surface area contributed by atoms with Crippen molar-refractivity contribution in [3.8, 4) is 11.4 Å². The Bertz CT molecular complexity index is 988. The molecule has 3 rings (SSSR count). The van der Waals surface area contributed by atoms with E-state index in [2.05, 4.69) is 20.4 Å². The number of esters is 1. The molecule has 1 aromatic heterocycles. The first-order valence-corrected chi connectivity index (χ1v) is 8.31. The van der Waals surface area contributed by atoms with Crippen LogP contribution < -0.4 is 10.1 Å². The summed E-state index contributed by atoms with van der Waals surface area (Å²) in [5, 5.41) is 10.4. The van der Waals surface area contributed by atoms with Crippen LogP contribution in [-0.4, -0.2) is 40.1 Å². The molecule has 0 bridgehead atoms.